The molecule has 3 heteroatoms. The van der Waals surface area contributed by atoms with Crippen molar-refractivity contribution in [1.82, 2.24) is 10.1 Å². The van der Waals surface area contributed by atoms with E-state index < -0.39 is 0 Å². The van der Waals surface area contributed by atoms with Crippen molar-refractivity contribution in [3.05, 3.63) is 36.2 Å². The second kappa shape index (κ2) is 3.42. The van der Waals surface area contributed by atoms with Gasteiger partial charge in [0.15, 0.2) is 0 Å². The lowest BCUT2D eigenvalue weighted by Crippen LogP contribution is -1.90. The quantitative estimate of drug-likeness (QED) is 0.789. The summed E-state index contributed by atoms with van der Waals surface area (Å²) in [5.41, 5.74) is 1.30. The zero-order chi connectivity index (χ0) is 12.0. The lowest BCUT2D eigenvalue weighted by molar-refractivity contribution is 0.368. The summed E-state index contributed by atoms with van der Waals surface area (Å²) in [7, 11) is 0. The molecule has 0 spiro atoms. The van der Waals surface area contributed by atoms with Gasteiger partial charge >= 0.3 is 0 Å². The van der Waals surface area contributed by atoms with Crippen LogP contribution in [0.3, 0.4) is 0 Å². The molecule has 0 saturated heterocycles. The van der Waals surface area contributed by atoms with Gasteiger partial charge < -0.3 is 4.52 Å². The van der Waals surface area contributed by atoms with E-state index in [-0.39, 0.29) is 0 Å². The summed E-state index contributed by atoms with van der Waals surface area (Å²) in [6.45, 7) is 6.72. The first-order valence-corrected chi connectivity index (χ1v) is 5.99. The van der Waals surface area contributed by atoms with Gasteiger partial charge in [-0.15, -0.1) is 0 Å². The molecule has 1 heterocycles. The van der Waals surface area contributed by atoms with Gasteiger partial charge in [0.2, 0.25) is 11.7 Å². The molecule has 1 aromatic carbocycles. The molecule has 1 saturated carbocycles. The standard InChI is InChI=1S/C14H16N2O/c1-9-11(14(9,2)3)13-15-12(16-17-13)10-7-5-4-6-8-10/h4-9,11H,1-3H3. The van der Waals surface area contributed by atoms with Gasteiger partial charge in [-0.2, -0.15) is 4.98 Å². The molecule has 17 heavy (non-hydrogen) atoms. The van der Waals surface area contributed by atoms with Crippen LogP contribution in [0.1, 0.15) is 32.6 Å². The number of nitrogens with zero attached hydrogens (tertiary/aromatic N) is 2. The highest BCUT2D eigenvalue weighted by Gasteiger charge is 2.58. The van der Waals surface area contributed by atoms with Gasteiger partial charge in [0, 0.05) is 11.5 Å². The largest absolute Gasteiger partial charge is 0.339 e. The molecular weight excluding hydrogens is 212 g/mol. The lowest BCUT2D eigenvalue weighted by Gasteiger charge is -1.96. The monoisotopic (exact) mass is 228 g/mol. The third-order valence-corrected chi connectivity index (χ3v) is 4.11. The third-order valence-electron chi connectivity index (χ3n) is 4.11. The van der Waals surface area contributed by atoms with Gasteiger partial charge in [-0.25, -0.2) is 0 Å². The van der Waals surface area contributed by atoms with E-state index in [1.165, 1.54) is 0 Å². The number of aromatic nitrogens is 2. The van der Waals surface area contributed by atoms with Crippen LogP contribution in [0.5, 0.6) is 0 Å². The number of hydrogen-bond acceptors (Lipinski definition) is 3. The maximum Gasteiger partial charge on any atom is 0.230 e. The fourth-order valence-electron chi connectivity index (χ4n) is 2.49. The average molecular weight is 228 g/mol. The van der Waals surface area contributed by atoms with Gasteiger partial charge in [0.25, 0.3) is 0 Å². The molecule has 1 fully saturated rings. The van der Waals surface area contributed by atoms with Crippen LogP contribution in [0.15, 0.2) is 34.9 Å². The maximum absolute atomic E-state index is 5.39. The molecule has 0 amide bonds. The van der Waals surface area contributed by atoms with E-state index in [9.17, 15) is 0 Å². The Morgan fingerprint density at radius 3 is 2.41 bits per heavy atom. The summed E-state index contributed by atoms with van der Waals surface area (Å²) in [6.07, 6.45) is 0. The van der Waals surface area contributed by atoms with Crippen molar-refractivity contribution < 1.29 is 4.52 Å². The first-order valence-electron chi connectivity index (χ1n) is 5.99. The van der Waals surface area contributed by atoms with E-state index in [1.54, 1.807) is 0 Å². The predicted octanol–water partition coefficient (Wildman–Crippen LogP) is 3.50. The summed E-state index contributed by atoms with van der Waals surface area (Å²) in [4.78, 5) is 4.51. The molecule has 1 aliphatic rings. The number of benzene rings is 1. The minimum absolute atomic E-state index is 0.292. The zero-order valence-electron chi connectivity index (χ0n) is 10.3. The minimum atomic E-state index is 0.292. The first-order chi connectivity index (χ1) is 8.10. The van der Waals surface area contributed by atoms with Crippen LogP contribution in [0, 0.1) is 11.3 Å². The fourth-order valence-corrected chi connectivity index (χ4v) is 2.49. The molecule has 3 rings (SSSR count). The van der Waals surface area contributed by atoms with Crippen molar-refractivity contribution in [3.63, 3.8) is 0 Å². The first kappa shape index (κ1) is 10.5. The van der Waals surface area contributed by atoms with Gasteiger partial charge in [-0.3, -0.25) is 0 Å². The average Bonchev–Trinajstić information content (AvgIpc) is 2.72. The molecular formula is C14H16N2O. The molecule has 2 aromatic rings. The van der Waals surface area contributed by atoms with Crippen LogP contribution < -0.4 is 0 Å². The summed E-state index contributed by atoms with van der Waals surface area (Å²) < 4.78 is 5.39. The van der Waals surface area contributed by atoms with Crippen LogP contribution in [0.2, 0.25) is 0 Å². The van der Waals surface area contributed by atoms with Crippen molar-refractivity contribution in [1.29, 1.82) is 0 Å². The summed E-state index contributed by atoms with van der Waals surface area (Å²) in [5, 5.41) is 4.06. The van der Waals surface area contributed by atoms with Crippen molar-refractivity contribution in [2.24, 2.45) is 11.3 Å². The highest BCUT2D eigenvalue weighted by Crippen LogP contribution is 2.63. The van der Waals surface area contributed by atoms with E-state index in [0.717, 1.165) is 11.5 Å². The van der Waals surface area contributed by atoms with Crippen LogP contribution in [-0.2, 0) is 0 Å². The summed E-state index contributed by atoms with van der Waals surface area (Å²) in [5.74, 6) is 2.50. The van der Waals surface area contributed by atoms with E-state index >= 15 is 0 Å². The topological polar surface area (TPSA) is 38.9 Å². The van der Waals surface area contributed by atoms with E-state index in [2.05, 4.69) is 30.9 Å². The smallest absolute Gasteiger partial charge is 0.230 e. The third kappa shape index (κ3) is 1.57. The van der Waals surface area contributed by atoms with Crippen LogP contribution in [0.4, 0.5) is 0 Å². The van der Waals surface area contributed by atoms with Crippen molar-refractivity contribution >= 4 is 0 Å². The second-order valence-corrected chi connectivity index (χ2v) is 5.41. The molecule has 0 aliphatic heterocycles. The Morgan fingerprint density at radius 1 is 1.18 bits per heavy atom. The summed E-state index contributed by atoms with van der Waals surface area (Å²) in [6, 6.07) is 9.94. The van der Waals surface area contributed by atoms with E-state index in [1.807, 2.05) is 30.3 Å². The van der Waals surface area contributed by atoms with E-state index in [0.29, 0.717) is 23.1 Å². The highest BCUT2D eigenvalue weighted by molar-refractivity contribution is 5.53. The van der Waals surface area contributed by atoms with E-state index in [4.69, 9.17) is 4.52 Å². The Labute approximate surface area is 101 Å². The Morgan fingerprint density at radius 2 is 1.82 bits per heavy atom. The fraction of sp³-hybridized carbons (Fsp3) is 0.429. The molecule has 88 valence electrons. The molecule has 0 bridgehead atoms. The van der Waals surface area contributed by atoms with Gasteiger partial charge in [0.1, 0.15) is 0 Å². The molecule has 0 N–H and O–H groups in total. The maximum atomic E-state index is 5.39. The SMILES string of the molecule is CC1C(c2nc(-c3ccccc3)no2)C1(C)C. The molecule has 2 unspecified atom stereocenters. The number of hydrogen-bond donors (Lipinski definition) is 0. The molecule has 0 radical (unpaired) electrons. The van der Waals surface area contributed by atoms with Crippen molar-refractivity contribution in [3.8, 4) is 11.4 Å². The lowest BCUT2D eigenvalue weighted by atomic mass is 10.1. The Hall–Kier alpha value is -1.64. The molecule has 2 atom stereocenters. The highest BCUT2D eigenvalue weighted by atomic mass is 16.5. The normalized spacial score (nSPS) is 25.8. The Kier molecular flexibility index (Phi) is 2.12. The minimum Gasteiger partial charge on any atom is -0.339 e. The van der Waals surface area contributed by atoms with Gasteiger partial charge in [-0.05, 0) is 11.3 Å². The number of rotatable bonds is 2. The molecule has 1 aromatic heterocycles. The molecule has 3 nitrogen and oxygen atoms in total. The Bertz CT molecular complexity index is 530. The molecule has 1 aliphatic carbocycles. The van der Waals surface area contributed by atoms with Gasteiger partial charge in [0.05, 0.1) is 0 Å². The van der Waals surface area contributed by atoms with Crippen molar-refractivity contribution in [2.75, 3.05) is 0 Å². The predicted molar refractivity (Wildman–Crippen MR) is 65.4 cm³/mol. The van der Waals surface area contributed by atoms with Crippen LogP contribution in [0.25, 0.3) is 11.4 Å². The van der Waals surface area contributed by atoms with Crippen LogP contribution in [-0.4, -0.2) is 10.1 Å². The van der Waals surface area contributed by atoms with Crippen molar-refractivity contribution in [2.45, 2.75) is 26.7 Å². The summed E-state index contributed by atoms with van der Waals surface area (Å²) >= 11 is 0. The zero-order valence-corrected chi connectivity index (χ0v) is 10.3. The Balaban J connectivity index is 1.90. The van der Waals surface area contributed by atoms with Gasteiger partial charge in [-0.1, -0.05) is 56.3 Å². The second-order valence-electron chi connectivity index (χ2n) is 5.41. The van der Waals surface area contributed by atoms with Crippen LogP contribution >= 0.6 is 0 Å².